The third kappa shape index (κ3) is 1.77. The Morgan fingerprint density at radius 3 is 2.50 bits per heavy atom. The Hall–Kier alpha value is -1.19. The lowest BCUT2D eigenvalue weighted by atomic mass is 10.1. The predicted octanol–water partition coefficient (Wildman–Crippen LogP) is 3.00. The summed E-state index contributed by atoms with van der Waals surface area (Å²) in [5.74, 6) is 0. The fraction of sp³-hybridized carbons (Fsp3) is 0.182. The average molecular weight is 257 g/mol. The summed E-state index contributed by atoms with van der Waals surface area (Å²) in [6.45, 7) is 1.83. The average Bonchev–Trinajstić information content (AvgIpc) is 2.43. The Bertz CT molecular complexity index is 599. The van der Waals surface area contributed by atoms with Crippen LogP contribution in [-0.4, -0.2) is 9.78 Å². The molecule has 5 heteroatoms. The van der Waals surface area contributed by atoms with E-state index in [1.165, 1.54) is 4.68 Å². The van der Waals surface area contributed by atoms with Crippen LogP contribution in [0.1, 0.15) is 5.69 Å². The van der Waals surface area contributed by atoms with Crippen molar-refractivity contribution in [2.45, 2.75) is 6.92 Å². The van der Waals surface area contributed by atoms with Gasteiger partial charge in [0.2, 0.25) is 0 Å². The number of nitrogens with one attached hydrogen (secondary N) is 1. The van der Waals surface area contributed by atoms with Gasteiger partial charge in [0, 0.05) is 23.3 Å². The van der Waals surface area contributed by atoms with Crippen molar-refractivity contribution in [3.8, 4) is 11.1 Å². The van der Waals surface area contributed by atoms with Gasteiger partial charge in [-0.3, -0.25) is 14.6 Å². The molecule has 0 aliphatic heterocycles. The van der Waals surface area contributed by atoms with Crippen molar-refractivity contribution in [1.29, 1.82) is 0 Å². The SMILES string of the molecule is Cc1[nH]n(C)c(=O)c1-c1ccc(Cl)cc1Cl. The first-order valence-electron chi connectivity index (χ1n) is 4.71. The molecule has 0 radical (unpaired) electrons. The van der Waals surface area contributed by atoms with Crippen LogP contribution in [0.5, 0.6) is 0 Å². The third-order valence-electron chi connectivity index (χ3n) is 2.43. The first-order valence-corrected chi connectivity index (χ1v) is 5.47. The van der Waals surface area contributed by atoms with Crippen molar-refractivity contribution < 1.29 is 0 Å². The minimum absolute atomic E-state index is 0.0956. The van der Waals surface area contributed by atoms with Gasteiger partial charge in [-0.05, 0) is 19.1 Å². The van der Waals surface area contributed by atoms with Crippen molar-refractivity contribution >= 4 is 23.2 Å². The van der Waals surface area contributed by atoms with E-state index in [0.717, 1.165) is 5.69 Å². The molecule has 2 rings (SSSR count). The van der Waals surface area contributed by atoms with E-state index in [-0.39, 0.29) is 5.56 Å². The first-order chi connectivity index (χ1) is 7.50. The maximum atomic E-state index is 11.9. The zero-order valence-corrected chi connectivity index (χ0v) is 10.4. The highest BCUT2D eigenvalue weighted by atomic mass is 35.5. The van der Waals surface area contributed by atoms with Crippen LogP contribution in [0, 0.1) is 6.92 Å². The second kappa shape index (κ2) is 4.00. The number of hydrogen-bond acceptors (Lipinski definition) is 1. The molecule has 0 atom stereocenters. The molecule has 0 unspecified atom stereocenters. The normalized spacial score (nSPS) is 10.8. The molecular formula is C11H10Cl2N2O. The Morgan fingerprint density at radius 1 is 1.31 bits per heavy atom. The van der Waals surface area contributed by atoms with Gasteiger partial charge in [0.1, 0.15) is 0 Å². The summed E-state index contributed by atoms with van der Waals surface area (Å²) >= 11 is 11.9. The zero-order chi connectivity index (χ0) is 11.9. The molecule has 84 valence electrons. The minimum atomic E-state index is -0.0956. The topological polar surface area (TPSA) is 37.8 Å². The van der Waals surface area contributed by atoms with E-state index >= 15 is 0 Å². The maximum absolute atomic E-state index is 11.9. The lowest BCUT2D eigenvalue weighted by Gasteiger charge is -2.02. The highest BCUT2D eigenvalue weighted by Gasteiger charge is 2.14. The number of aromatic nitrogens is 2. The number of benzene rings is 1. The van der Waals surface area contributed by atoms with E-state index in [1.54, 1.807) is 25.2 Å². The van der Waals surface area contributed by atoms with E-state index in [2.05, 4.69) is 5.10 Å². The molecule has 0 amide bonds. The van der Waals surface area contributed by atoms with Gasteiger partial charge in [-0.2, -0.15) is 0 Å². The summed E-state index contributed by atoms with van der Waals surface area (Å²) in [6.07, 6.45) is 0. The predicted molar refractivity (Wildman–Crippen MR) is 66.2 cm³/mol. The molecule has 0 spiro atoms. The lowest BCUT2D eigenvalue weighted by molar-refractivity contribution is 0.731. The molecular weight excluding hydrogens is 247 g/mol. The molecule has 1 heterocycles. The molecule has 0 aliphatic rings. The first kappa shape index (κ1) is 11.3. The van der Waals surface area contributed by atoms with Crippen LogP contribution in [0.4, 0.5) is 0 Å². The number of halogens is 2. The van der Waals surface area contributed by atoms with Crippen LogP contribution in [0.2, 0.25) is 10.0 Å². The Balaban J connectivity index is 2.72. The summed E-state index contributed by atoms with van der Waals surface area (Å²) in [7, 11) is 1.67. The van der Waals surface area contributed by atoms with Crippen LogP contribution in [-0.2, 0) is 7.05 Å². The molecule has 3 nitrogen and oxygen atoms in total. The molecule has 0 saturated heterocycles. The highest BCUT2D eigenvalue weighted by Crippen LogP contribution is 2.29. The van der Waals surface area contributed by atoms with Gasteiger partial charge in [0.25, 0.3) is 5.56 Å². The second-order valence-electron chi connectivity index (χ2n) is 3.60. The van der Waals surface area contributed by atoms with Gasteiger partial charge in [0.05, 0.1) is 10.6 Å². The number of aromatic amines is 1. The largest absolute Gasteiger partial charge is 0.300 e. The smallest absolute Gasteiger partial charge is 0.274 e. The summed E-state index contributed by atoms with van der Waals surface area (Å²) < 4.78 is 1.43. The summed E-state index contributed by atoms with van der Waals surface area (Å²) in [6, 6.07) is 5.10. The standard InChI is InChI=1S/C11H10Cl2N2O/c1-6-10(11(16)15(2)14-6)8-4-3-7(12)5-9(8)13/h3-5,14H,1-2H3. The van der Waals surface area contributed by atoms with Crippen LogP contribution in [0.15, 0.2) is 23.0 Å². The quantitative estimate of drug-likeness (QED) is 0.837. The molecule has 0 bridgehead atoms. The fourth-order valence-electron chi connectivity index (χ4n) is 1.70. The molecule has 1 aromatic heterocycles. The molecule has 0 saturated carbocycles. The van der Waals surface area contributed by atoms with E-state index < -0.39 is 0 Å². The third-order valence-corrected chi connectivity index (χ3v) is 2.98. The fourth-order valence-corrected chi connectivity index (χ4v) is 2.20. The van der Waals surface area contributed by atoms with Crippen molar-refractivity contribution in [2.75, 3.05) is 0 Å². The Kier molecular flexibility index (Phi) is 2.82. The molecule has 2 aromatic rings. The molecule has 0 fully saturated rings. The number of aryl methyl sites for hydroxylation is 2. The maximum Gasteiger partial charge on any atom is 0.274 e. The van der Waals surface area contributed by atoms with E-state index in [0.29, 0.717) is 21.2 Å². The van der Waals surface area contributed by atoms with Gasteiger partial charge in [-0.1, -0.05) is 29.3 Å². The highest BCUT2D eigenvalue weighted by molar-refractivity contribution is 6.36. The Labute approximate surface area is 103 Å². The monoisotopic (exact) mass is 256 g/mol. The van der Waals surface area contributed by atoms with Crippen LogP contribution >= 0.6 is 23.2 Å². The van der Waals surface area contributed by atoms with Crippen LogP contribution in [0.3, 0.4) is 0 Å². The van der Waals surface area contributed by atoms with Crippen LogP contribution < -0.4 is 5.56 Å². The number of rotatable bonds is 1. The van der Waals surface area contributed by atoms with Gasteiger partial charge in [-0.25, -0.2) is 0 Å². The number of nitrogens with zero attached hydrogens (tertiary/aromatic N) is 1. The van der Waals surface area contributed by atoms with Gasteiger partial charge < -0.3 is 0 Å². The zero-order valence-electron chi connectivity index (χ0n) is 8.84. The van der Waals surface area contributed by atoms with Crippen molar-refractivity contribution in [1.82, 2.24) is 9.78 Å². The van der Waals surface area contributed by atoms with Crippen molar-refractivity contribution in [3.05, 3.63) is 44.3 Å². The van der Waals surface area contributed by atoms with E-state index in [9.17, 15) is 4.79 Å². The van der Waals surface area contributed by atoms with Crippen LogP contribution in [0.25, 0.3) is 11.1 Å². The van der Waals surface area contributed by atoms with Crippen molar-refractivity contribution in [2.24, 2.45) is 7.05 Å². The second-order valence-corrected chi connectivity index (χ2v) is 4.44. The molecule has 0 aliphatic carbocycles. The van der Waals surface area contributed by atoms with Gasteiger partial charge in [-0.15, -0.1) is 0 Å². The molecule has 16 heavy (non-hydrogen) atoms. The summed E-state index contributed by atoms with van der Waals surface area (Å²) in [5, 5.41) is 3.96. The van der Waals surface area contributed by atoms with E-state index in [4.69, 9.17) is 23.2 Å². The molecule has 1 N–H and O–H groups in total. The minimum Gasteiger partial charge on any atom is -0.300 e. The molecule has 1 aromatic carbocycles. The van der Waals surface area contributed by atoms with Gasteiger partial charge >= 0.3 is 0 Å². The number of H-pyrrole nitrogens is 1. The summed E-state index contributed by atoms with van der Waals surface area (Å²) in [5.41, 5.74) is 1.98. The van der Waals surface area contributed by atoms with Crippen molar-refractivity contribution in [3.63, 3.8) is 0 Å². The Morgan fingerprint density at radius 2 is 2.00 bits per heavy atom. The number of hydrogen-bond donors (Lipinski definition) is 1. The van der Waals surface area contributed by atoms with Gasteiger partial charge in [0.15, 0.2) is 0 Å². The van der Waals surface area contributed by atoms with E-state index in [1.807, 2.05) is 6.92 Å². The summed E-state index contributed by atoms with van der Waals surface area (Å²) in [4.78, 5) is 11.9. The lowest BCUT2D eigenvalue weighted by Crippen LogP contribution is -2.13.